The Bertz CT molecular complexity index is 2210. The lowest BCUT2D eigenvalue weighted by Crippen LogP contribution is -2.54. The Kier molecular flexibility index (Phi) is 9.92. The van der Waals surface area contributed by atoms with Crippen LogP contribution in [-0.4, -0.2) is 75.2 Å². The van der Waals surface area contributed by atoms with Gasteiger partial charge in [0, 0.05) is 66.6 Å². The van der Waals surface area contributed by atoms with Gasteiger partial charge in [0.2, 0.25) is 5.78 Å². The number of aliphatic hydroxyl groups is 1. The molecular formula is C42H43NO11. The van der Waals surface area contributed by atoms with Crippen molar-refractivity contribution in [2.24, 2.45) is 17.3 Å². The highest BCUT2D eigenvalue weighted by molar-refractivity contribution is 6.14. The molecule has 0 radical (unpaired) electrons. The van der Waals surface area contributed by atoms with Gasteiger partial charge >= 0.3 is 5.97 Å². The van der Waals surface area contributed by atoms with Crippen molar-refractivity contribution in [1.82, 2.24) is 0 Å². The number of allylic oxidation sites excluding steroid dienone is 1. The van der Waals surface area contributed by atoms with Crippen molar-refractivity contribution in [2.45, 2.75) is 51.6 Å². The minimum atomic E-state index is -0.779. The molecule has 0 bridgehead atoms. The number of nitrogens with zero attached hydrogens (tertiary/aromatic N) is 1. The van der Waals surface area contributed by atoms with E-state index in [4.69, 9.17) is 28.2 Å². The maximum atomic E-state index is 13.6. The largest absolute Gasteiger partial charge is 0.467 e. The molecule has 1 N–H and O–H groups in total. The molecule has 2 fully saturated rings. The number of esters is 1. The van der Waals surface area contributed by atoms with Crippen molar-refractivity contribution in [3.8, 4) is 11.1 Å². The summed E-state index contributed by atoms with van der Waals surface area (Å²) < 4.78 is 27.9. The Balaban J connectivity index is 0.000000163. The van der Waals surface area contributed by atoms with Crippen LogP contribution in [0.25, 0.3) is 22.1 Å². The van der Waals surface area contributed by atoms with E-state index < -0.39 is 22.9 Å². The van der Waals surface area contributed by atoms with Gasteiger partial charge in [0.25, 0.3) is 6.47 Å². The maximum absolute atomic E-state index is 13.6. The molecule has 54 heavy (non-hydrogen) atoms. The second kappa shape index (κ2) is 14.5. The summed E-state index contributed by atoms with van der Waals surface area (Å²) in [6.07, 6.45) is 2.29. The molecule has 282 valence electrons. The highest BCUT2D eigenvalue weighted by Crippen LogP contribution is 2.62. The minimum absolute atomic E-state index is 0.00878. The predicted octanol–water partition coefficient (Wildman–Crippen LogP) is 5.67. The van der Waals surface area contributed by atoms with Crippen LogP contribution < -0.4 is 10.3 Å². The lowest BCUT2D eigenvalue weighted by molar-refractivity contribution is -0.131. The molecule has 12 heteroatoms. The van der Waals surface area contributed by atoms with Gasteiger partial charge in [-0.1, -0.05) is 49.4 Å². The van der Waals surface area contributed by atoms with E-state index in [1.54, 1.807) is 6.07 Å². The Morgan fingerprint density at radius 2 is 1.72 bits per heavy atom. The molecule has 3 aliphatic carbocycles. The molecule has 5 atom stereocenters. The number of fused-ring (bicyclic) bond motifs is 4. The fourth-order valence-corrected chi connectivity index (χ4v) is 9.26. The zero-order chi connectivity index (χ0) is 38.4. The fraction of sp³-hybridized carbons (Fsp3) is 0.405. The average molecular weight is 738 g/mol. The smallest absolute Gasteiger partial charge is 0.342 e. The summed E-state index contributed by atoms with van der Waals surface area (Å²) in [4.78, 5) is 64.3. The standard InChI is InChI=1S/C22H22O7.C19H17NO3.CH4O/c1-10-22(3)16-11(7-27-9-23)6-21(2)13(4-5-14(21)24)15(16)18(25)19-17(22)12(8-28-19)20(26)29-10;21-17-13-18(20-9-11-22-12-10-20)23-19-15(7-4-8-16(17)19)14-5-2-1-3-6-14;1-2/h8-11,13H,4-7H2,1-3H3;1-8,13H,9-12H2;2H,1H3/t10-,11+,13?,21+,22-;;/m1../s1. The summed E-state index contributed by atoms with van der Waals surface area (Å²) in [6, 6.07) is 17.3. The molecule has 5 aliphatic rings. The monoisotopic (exact) mass is 737 g/mol. The van der Waals surface area contributed by atoms with Gasteiger partial charge < -0.3 is 33.1 Å². The van der Waals surface area contributed by atoms with Gasteiger partial charge in [0.1, 0.15) is 29.3 Å². The topological polar surface area (TPSA) is 163 Å². The minimum Gasteiger partial charge on any atom is -0.467 e. The summed E-state index contributed by atoms with van der Waals surface area (Å²) in [6.45, 7) is 8.92. The lowest BCUT2D eigenvalue weighted by atomic mass is 9.52. The van der Waals surface area contributed by atoms with E-state index in [-0.39, 0.29) is 46.8 Å². The molecular weight excluding hydrogens is 694 g/mol. The lowest BCUT2D eigenvalue weighted by Gasteiger charge is -2.51. The van der Waals surface area contributed by atoms with Crippen LogP contribution >= 0.6 is 0 Å². The highest BCUT2D eigenvalue weighted by atomic mass is 16.5. The average Bonchev–Trinajstić information content (AvgIpc) is 3.78. The molecule has 2 aromatic carbocycles. The number of rotatable bonds is 5. The summed E-state index contributed by atoms with van der Waals surface area (Å²) in [7, 11) is 1.00. The first kappa shape index (κ1) is 37.0. The van der Waals surface area contributed by atoms with Crippen LogP contribution in [0.5, 0.6) is 0 Å². The molecule has 0 spiro atoms. The van der Waals surface area contributed by atoms with Gasteiger partial charge in [-0.3, -0.25) is 19.2 Å². The molecule has 9 rings (SSSR count). The number of ether oxygens (including phenoxy) is 3. The van der Waals surface area contributed by atoms with Gasteiger partial charge in [0.05, 0.1) is 30.6 Å². The predicted molar refractivity (Wildman–Crippen MR) is 197 cm³/mol. The fourth-order valence-electron chi connectivity index (χ4n) is 9.26. The van der Waals surface area contributed by atoms with Crippen LogP contribution in [0.1, 0.15) is 66.5 Å². The van der Waals surface area contributed by atoms with Crippen LogP contribution in [0.3, 0.4) is 0 Å². The van der Waals surface area contributed by atoms with Crippen molar-refractivity contribution in [3.63, 3.8) is 0 Å². The SMILES string of the molecule is CO.C[C@H]1OC(=O)c2coc3c2[C@@]1(C)C1=C(C3=O)C2CCC(=O)[C@@]2(C)C[C@H]1COC=O.O=c1cc(N2CCOCC2)oc2c(-c3ccccc3)cccc12. The quantitative estimate of drug-likeness (QED) is 0.198. The molecule has 1 unspecified atom stereocenters. The van der Waals surface area contributed by atoms with Gasteiger partial charge in [-0.25, -0.2) is 4.79 Å². The molecule has 1 saturated carbocycles. The van der Waals surface area contributed by atoms with E-state index >= 15 is 0 Å². The number of cyclic esters (lactones) is 1. The van der Waals surface area contributed by atoms with Crippen molar-refractivity contribution in [1.29, 1.82) is 0 Å². The summed E-state index contributed by atoms with van der Waals surface area (Å²) >= 11 is 0. The number of carbonyl (C=O) groups excluding carboxylic acids is 4. The van der Waals surface area contributed by atoms with Gasteiger partial charge in [-0.05, 0) is 43.9 Å². The van der Waals surface area contributed by atoms with Crippen LogP contribution in [-0.2, 0) is 29.2 Å². The van der Waals surface area contributed by atoms with Crippen LogP contribution in [0.4, 0.5) is 5.88 Å². The van der Waals surface area contributed by atoms with Crippen LogP contribution in [0.2, 0.25) is 0 Å². The van der Waals surface area contributed by atoms with Crippen molar-refractivity contribution in [3.05, 3.63) is 99.1 Å². The molecule has 1 saturated heterocycles. The van der Waals surface area contributed by atoms with E-state index in [2.05, 4.69) is 4.90 Å². The number of ketones is 2. The number of morpholine rings is 1. The normalized spacial score (nSPS) is 26.7. The van der Waals surface area contributed by atoms with Gasteiger partial charge in [-0.15, -0.1) is 0 Å². The molecule has 2 aromatic heterocycles. The number of anilines is 1. The van der Waals surface area contributed by atoms with E-state index in [0.717, 1.165) is 36.9 Å². The molecule has 4 heterocycles. The van der Waals surface area contributed by atoms with Crippen molar-refractivity contribution >= 4 is 40.9 Å². The Morgan fingerprint density at radius 3 is 2.44 bits per heavy atom. The Hall–Kier alpha value is -5.33. The zero-order valence-corrected chi connectivity index (χ0v) is 30.7. The van der Waals surface area contributed by atoms with Gasteiger partial charge in [0.15, 0.2) is 17.1 Å². The third-order valence-corrected chi connectivity index (χ3v) is 11.9. The molecule has 12 nitrogen and oxygen atoms in total. The highest BCUT2D eigenvalue weighted by Gasteiger charge is 2.63. The van der Waals surface area contributed by atoms with Gasteiger partial charge in [-0.2, -0.15) is 0 Å². The zero-order valence-electron chi connectivity index (χ0n) is 30.7. The number of benzene rings is 2. The second-order valence-corrected chi connectivity index (χ2v) is 14.6. The first-order valence-corrected chi connectivity index (χ1v) is 18.2. The third-order valence-electron chi connectivity index (χ3n) is 11.9. The number of aliphatic hydroxyl groups excluding tert-OH is 1. The number of carbonyl (C=O) groups is 4. The first-order valence-electron chi connectivity index (χ1n) is 18.2. The second-order valence-electron chi connectivity index (χ2n) is 14.6. The summed E-state index contributed by atoms with van der Waals surface area (Å²) in [5.41, 5.74) is 3.41. The molecule has 0 amide bonds. The number of Topliss-reactive ketones (excluding diaryl/α,β-unsaturated/α-hetero) is 2. The summed E-state index contributed by atoms with van der Waals surface area (Å²) in [5.74, 6) is -0.373. The van der Waals surface area contributed by atoms with Crippen molar-refractivity contribution in [2.75, 3.05) is 44.9 Å². The number of hydrogen-bond acceptors (Lipinski definition) is 12. The Morgan fingerprint density at radius 1 is 0.981 bits per heavy atom. The molecule has 4 aromatic rings. The van der Waals surface area contributed by atoms with Crippen molar-refractivity contribution < 1.29 is 47.3 Å². The van der Waals surface area contributed by atoms with Crippen LogP contribution in [0, 0.1) is 17.3 Å². The van der Waals surface area contributed by atoms with E-state index in [1.807, 2.05) is 69.3 Å². The van der Waals surface area contributed by atoms with E-state index in [9.17, 15) is 24.0 Å². The van der Waals surface area contributed by atoms with E-state index in [0.29, 0.717) is 66.9 Å². The maximum Gasteiger partial charge on any atom is 0.342 e. The number of para-hydroxylation sites is 1. The first-order chi connectivity index (χ1) is 26.1. The summed E-state index contributed by atoms with van der Waals surface area (Å²) in [5, 5.41) is 7.61. The van der Waals surface area contributed by atoms with Crippen LogP contribution in [0.15, 0.2) is 85.6 Å². The third kappa shape index (κ3) is 5.79. The Labute approximate surface area is 311 Å². The number of hydrogen-bond donors (Lipinski definition) is 1. The number of furan rings is 1. The molecule has 2 aliphatic heterocycles. The van der Waals surface area contributed by atoms with E-state index in [1.165, 1.54) is 6.26 Å².